The summed E-state index contributed by atoms with van der Waals surface area (Å²) in [4.78, 5) is 13.9. The first kappa shape index (κ1) is 14.5. The van der Waals surface area contributed by atoms with Crippen molar-refractivity contribution in [2.75, 3.05) is 18.8 Å². The van der Waals surface area contributed by atoms with Crippen molar-refractivity contribution in [2.45, 2.75) is 19.8 Å². The van der Waals surface area contributed by atoms with Crippen LogP contribution >= 0.6 is 0 Å². The molecule has 5 nitrogen and oxygen atoms in total. The number of hydrogen-bond donors (Lipinski definition) is 1. The van der Waals surface area contributed by atoms with Gasteiger partial charge in [0.25, 0.3) is 5.91 Å². The molecule has 1 aromatic rings. The Morgan fingerprint density at radius 2 is 1.84 bits per heavy atom. The van der Waals surface area contributed by atoms with Crippen molar-refractivity contribution in [3.05, 3.63) is 29.3 Å². The van der Waals surface area contributed by atoms with E-state index in [2.05, 4.69) is 0 Å². The van der Waals surface area contributed by atoms with Gasteiger partial charge in [0.15, 0.2) is 0 Å². The van der Waals surface area contributed by atoms with E-state index in [1.165, 1.54) is 4.90 Å². The van der Waals surface area contributed by atoms with Crippen LogP contribution in [0.3, 0.4) is 0 Å². The van der Waals surface area contributed by atoms with Crippen LogP contribution in [-0.4, -0.2) is 23.9 Å². The van der Waals surface area contributed by atoms with Gasteiger partial charge in [0.05, 0.1) is 30.5 Å². The number of carbonyl (C=O) groups excluding carboxylic acids is 1. The van der Waals surface area contributed by atoms with Crippen LogP contribution in [0.25, 0.3) is 0 Å². The van der Waals surface area contributed by atoms with Crippen molar-refractivity contribution in [1.82, 2.24) is 4.90 Å². The quantitative estimate of drug-likeness (QED) is 0.813. The lowest BCUT2D eigenvalue weighted by atomic mass is 10.1. The minimum Gasteiger partial charge on any atom is -0.398 e. The minimum absolute atomic E-state index is 0.221. The molecule has 1 amide bonds. The standard InChI is InChI=1S/C14H16N4O/c1-11-5-2-6-12(17)13(11)14(19)18(9-3-7-15)10-4-8-16/h2,5-6H,3-4,9-10,17H2,1H3. The molecule has 0 radical (unpaired) electrons. The summed E-state index contributed by atoms with van der Waals surface area (Å²) in [5.74, 6) is -0.221. The Bertz CT molecular complexity index is 501. The molecular formula is C14H16N4O. The molecule has 0 aliphatic carbocycles. The molecule has 0 aromatic heterocycles. The van der Waals surface area contributed by atoms with Gasteiger partial charge in [-0.1, -0.05) is 12.1 Å². The molecule has 2 N–H and O–H groups in total. The minimum atomic E-state index is -0.221. The maximum Gasteiger partial charge on any atom is 0.256 e. The zero-order valence-electron chi connectivity index (χ0n) is 10.9. The first-order chi connectivity index (χ1) is 9.11. The fourth-order valence-corrected chi connectivity index (χ4v) is 1.83. The van der Waals surface area contributed by atoms with Gasteiger partial charge in [-0.15, -0.1) is 0 Å². The topological polar surface area (TPSA) is 93.9 Å². The molecule has 5 heteroatoms. The largest absolute Gasteiger partial charge is 0.398 e. The van der Waals surface area contributed by atoms with E-state index >= 15 is 0 Å². The molecule has 1 rings (SSSR count). The lowest BCUT2D eigenvalue weighted by Gasteiger charge is -2.22. The van der Waals surface area contributed by atoms with E-state index in [-0.39, 0.29) is 18.7 Å². The zero-order chi connectivity index (χ0) is 14.3. The smallest absolute Gasteiger partial charge is 0.256 e. The summed E-state index contributed by atoms with van der Waals surface area (Å²) in [7, 11) is 0. The van der Waals surface area contributed by atoms with Gasteiger partial charge in [-0.05, 0) is 18.6 Å². The zero-order valence-corrected chi connectivity index (χ0v) is 10.9. The predicted octanol–water partition coefficient (Wildman–Crippen LogP) is 1.85. The van der Waals surface area contributed by atoms with E-state index in [4.69, 9.17) is 16.3 Å². The lowest BCUT2D eigenvalue weighted by Crippen LogP contribution is -2.33. The molecule has 0 bridgehead atoms. The van der Waals surface area contributed by atoms with Crippen LogP contribution in [0, 0.1) is 29.6 Å². The van der Waals surface area contributed by atoms with Gasteiger partial charge in [-0.2, -0.15) is 10.5 Å². The van der Waals surface area contributed by atoms with Gasteiger partial charge in [0.2, 0.25) is 0 Å². The van der Waals surface area contributed by atoms with Crippen LogP contribution in [-0.2, 0) is 0 Å². The Morgan fingerprint density at radius 1 is 1.26 bits per heavy atom. The number of rotatable bonds is 5. The van der Waals surface area contributed by atoms with E-state index in [1.54, 1.807) is 12.1 Å². The molecule has 0 atom stereocenters. The number of carbonyl (C=O) groups is 1. The number of aryl methyl sites for hydroxylation is 1. The van der Waals surface area contributed by atoms with E-state index in [1.807, 2.05) is 25.1 Å². The van der Waals surface area contributed by atoms with E-state index in [9.17, 15) is 4.79 Å². The average molecular weight is 256 g/mol. The predicted molar refractivity (Wildman–Crippen MR) is 72.0 cm³/mol. The highest BCUT2D eigenvalue weighted by Gasteiger charge is 2.19. The third-order valence-corrected chi connectivity index (χ3v) is 2.79. The number of hydrogen-bond acceptors (Lipinski definition) is 4. The fourth-order valence-electron chi connectivity index (χ4n) is 1.83. The van der Waals surface area contributed by atoms with Crippen LogP contribution in [0.5, 0.6) is 0 Å². The SMILES string of the molecule is Cc1cccc(N)c1C(=O)N(CCC#N)CCC#N. The molecule has 0 saturated carbocycles. The van der Waals surface area contributed by atoms with Gasteiger partial charge >= 0.3 is 0 Å². The van der Waals surface area contributed by atoms with E-state index in [0.29, 0.717) is 24.3 Å². The second-order valence-corrected chi connectivity index (χ2v) is 4.15. The van der Waals surface area contributed by atoms with Crippen molar-refractivity contribution in [2.24, 2.45) is 0 Å². The first-order valence-electron chi connectivity index (χ1n) is 6.00. The van der Waals surface area contributed by atoms with Gasteiger partial charge in [0, 0.05) is 18.8 Å². The first-order valence-corrected chi connectivity index (χ1v) is 6.00. The monoisotopic (exact) mass is 256 g/mol. The van der Waals surface area contributed by atoms with Crippen molar-refractivity contribution in [3.8, 4) is 12.1 Å². The highest BCUT2D eigenvalue weighted by Crippen LogP contribution is 2.18. The maximum absolute atomic E-state index is 12.4. The van der Waals surface area contributed by atoms with Crippen LogP contribution in [0.2, 0.25) is 0 Å². The van der Waals surface area contributed by atoms with Crippen LogP contribution in [0.4, 0.5) is 5.69 Å². The molecule has 0 fully saturated rings. The van der Waals surface area contributed by atoms with Crippen LogP contribution in [0.15, 0.2) is 18.2 Å². The molecule has 1 aromatic carbocycles. The summed E-state index contributed by atoms with van der Waals surface area (Å²) in [6.07, 6.45) is 0.478. The summed E-state index contributed by atoms with van der Waals surface area (Å²) < 4.78 is 0. The second-order valence-electron chi connectivity index (χ2n) is 4.15. The maximum atomic E-state index is 12.4. The van der Waals surface area contributed by atoms with Crippen molar-refractivity contribution < 1.29 is 4.79 Å². The number of anilines is 1. The molecule has 0 aliphatic heterocycles. The summed E-state index contributed by atoms with van der Waals surface area (Å²) in [6, 6.07) is 9.28. The highest BCUT2D eigenvalue weighted by molar-refractivity contribution is 6.00. The number of nitrogen functional groups attached to an aromatic ring is 1. The van der Waals surface area contributed by atoms with Crippen molar-refractivity contribution in [3.63, 3.8) is 0 Å². The van der Waals surface area contributed by atoms with E-state index < -0.39 is 0 Å². The van der Waals surface area contributed by atoms with Gasteiger partial charge in [-0.25, -0.2) is 0 Å². The molecule has 19 heavy (non-hydrogen) atoms. The van der Waals surface area contributed by atoms with Crippen LogP contribution in [0.1, 0.15) is 28.8 Å². The number of nitriles is 2. The Morgan fingerprint density at radius 3 is 2.32 bits per heavy atom. The third kappa shape index (κ3) is 3.72. The van der Waals surface area contributed by atoms with Gasteiger partial charge in [0.1, 0.15) is 0 Å². The summed E-state index contributed by atoms with van der Waals surface area (Å²) in [6.45, 7) is 2.44. The van der Waals surface area contributed by atoms with Crippen molar-refractivity contribution >= 4 is 11.6 Å². The normalized spacial score (nSPS) is 9.42. The Balaban J connectivity index is 2.99. The van der Waals surface area contributed by atoms with Crippen LogP contribution < -0.4 is 5.73 Å². The molecular weight excluding hydrogens is 240 g/mol. The highest BCUT2D eigenvalue weighted by atomic mass is 16.2. The summed E-state index contributed by atoms with van der Waals surface area (Å²) >= 11 is 0. The molecule has 98 valence electrons. The summed E-state index contributed by atoms with van der Waals surface area (Å²) in [5, 5.41) is 17.2. The fraction of sp³-hybridized carbons (Fsp3) is 0.357. The van der Waals surface area contributed by atoms with Crippen molar-refractivity contribution in [1.29, 1.82) is 10.5 Å². The number of benzene rings is 1. The molecule has 0 spiro atoms. The number of nitrogens with zero attached hydrogens (tertiary/aromatic N) is 3. The van der Waals surface area contributed by atoms with Gasteiger partial charge in [-0.3, -0.25) is 4.79 Å². The average Bonchev–Trinajstić information content (AvgIpc) is 2.38. The lowest BCUT2D eigenvalue weighted by molar-refractivity contribution is 0.0763. The Hall–Kier alpha value is -2.53. The third-order valence-electron chi connectivity index (χ3n) is 2.79. The molecule has 0 saturated heterocycles. The Kier molecular flexibility index (Phi) is 5.37. The van der Waals surface area contributed by atoms with E-state index in [0.717, 1.165) is 5.56 Å². The number of nitrogens with two attached hydrogens (primary N) is 1. The Labute approximate surface area is 112 Å². The number of amides is 1. The molecule has 0 aliphatic rings. The molecule has 0 unspecified atom stereocenters. The molecule has 0 heterocycles. The van der Waals surface area contributed by atoms with Gasteiger partial charge < -0.3 is 10.6 Å². The summed E-state index contributed by atoms with van der Waals surface area (Å²) in [5.41, 5.74) is 7.51. The second kappa shape index (κ2) is 7.03.